The van der Waals surface area contributed by atoms with Crippen LogP contribution in [0.4, 0.5) is 0 Å². The smallest absolute Gasteiger partial charge is 0.0948 e. The summed E-state index contributed by atoms with van der Waals surface area (Å²) in [5, 5.41) is 3.60. The van der Waals surface area contributed by atoms with Gasteiger partial charge in [0.25, 0.3) is 0 Å². The van der Waals surface area contributed by atoms with Crippen LogP contribution in [0.1, 0.15) is 51.6 Å². The van der Waals surface area contributed by atoms with Crippen LogP contribution in [0.15, 0.2) is 12.5 Å². The van der Waals surface area contributed by atoms with Gasteiger partial charge < -0.3 is 9.88 Å². The molecule has 0 aliphatic heterocycles. The lowest BCUT2D eigenvalue weighted by atomic mass is 9.81. The number of hydrogen-bond donors (Lipinski definition) is 1. The summed E-state index contributed by atoms with van der Waals surface area (Å²) in [6, 6.07) is 0. The summed E-state index contributed by atoms with van der Waals surface area (Å²) in [5.74, 6) is 1.90. The van der Waals surface area contributed by atoms with Gasteiger partial charge in [-0.3, -0.25) is 0 Å². The summed E-state index contributed by atoms with van der Waals surface area (Å²) >= 11 is 0. The van der Waals surface area contributed by atoms with E-state index in [-0.39, 0.29) is 0 Å². The maximum Gasteiger partial charge on any atom is 0.0948 e. The third-order valence-corrected chi connectivity index (χ3v) is 4.42. The molecule has 0 spiro atoms. The lowest BCUT2D eigenvalue weighted by Crippen LogP contribution is -2.26. The van der Waals surface area contributed by atoms with Gasteiger partial charge in [0.2, 0.25) is 0 Å². The first-order valence-electron chi connectivity index (χ1n) is 7.53. The molecule has 1 aromatic heterocycles. The molecule has 1 aromatic rings. The van der Waals surface area contributed by atoms with Crippen LogP contribution in [0.3, 0.4) is 0 Å². The first kappa shape index (κ1) is 13.6. The van der Waals surface area contributed by atoms with Crippen LogP contribution in [-0.2, 0) is 13.1 Å². The Morgan fingerprint density at radius 3 is 2.61 bits per heavy atom. The number of hydrogen-bond acceptors (Lipinski definition) is 2. The predicted octanol–water partition coefficient (Wildman–Crippen LogP) is 3.21. The summed E-state index contributed by atoms with van der Waals surface area (Å²) in [6.07, 6.45) is 11.0. The second-order valence-electron chi connectivity index (χ2n) is 5.60. The molecule has 3 nitrogen and oxygen atoms in total. The van der Waals surface area contributed by atoms with Gasteiger partial charge in [0.15, 0.2) is 0 Å². The second kappa shape index (κ2) is 6.93. The van der Waals surface area contributed by atoms with Crippen molar-refractivity contribution in [1.82, 2.24) is 14.9 Å². The van der Waals surface area contributed by atoms with E-state index in [2.05, 4.69) is 28.7 Å². The Kier molecular flexibility index (Phi) is 5.24. The van der Waals surface area contributed by atoms with Crippen LogP contribution in [-0.4, -0.2) is 16.1 Å². The Balaban J connectivity index is 1.67. The monoisotopic (exact) mass is 249 g/mol. The molecule has 2 rings (SSSR count). The molecule has 0 bridgehead atoms. The number of aryl methyl sites for hydroxylation is 1. The Morgan fingerprint density at radius 1 is 1.22 bits per heavy atom. The molecule has 0 saturated heterocycles. The molecule has 1 heterocycles. The fraction of sp³-hybridized carbons (Fsp3) is 0.800. The minimum absolute atomic E-state index is 0.894. The average Bonchev–Trinajstić information content (AvgIpc) is 2.87. The minimum atomic E-state index is 0.894. The molecule has 1 aliphatic carbocycles. The Labute approximate surface area is 111 Å². The fourth-order valence-corrected chi connectivity index (χ4v) is 3.03. The first-order valence-corrected chi connectivity index (χ1v) is 7.53. The molecule has 1 saturated carbocycles. The highest BCUT2D eigenvalue weighted by atomic mass is 15.1. The Morgan fingerprint density at radius 2 is 1.94 bits per heavy atom. The zero-order chi connectivity index (χ0) is 12.8. The summed E-state index contributed by atoms with van der Waals surface area (Å²) < 4.78 is 2.21. The van der Waals surface area contributed by atoms with E-state index in [1.807, 2.05) is 12.5 Å². The molecule has 102 valence electrons. The summed E-state index contributed by atoms with van der Waals surface area (Å²) in [6.45, 7) is 7.64. The summed E-state index contributed by atoms with van der Waals surface area (Å²) in [4.78, 5) is 4.20. The van der Waals surface area contributed by atoms with E-state index in [0.717, 1.165) is 24.9 Å². The van der Waals surface area contributed by atoms with Gasteiger partial charge in [0.05, 0.1) is 12.0 Å². The van der Waals surface area contributed by atoms with E-state index < -0.39 is 0 Å². The highest BCUT2D eigenvalue weighted by Gasteiger charge is 2.19. The van der Waals surface area contributed by atoms with E-state index in [0.29, 0.717) is 0 Å². The van der Waals surface area contributed by atoms with E-state index in [1.54, 1.807) is 0 Å². The molecule has 3 heteroatoms. The molecule has 1 N–H and O–H groups in total. The molecule has 1 fully saturated rings. The van der Waals surface area contributed by atoms with Crippen molar-refractivity contribution < 1.29 is 0 Å². The van der Waals surface area contributed by atoms with Crippen molar-refractivity contribution in [2.75, 3.05) is 6.54 Å². The van der Waals surface area contributed by atoms with Crippen molar-refractivity contribution >= 4 is 0 Å². The van der Waals surface area contributed by atoms with Crippen LogP contribution in [0, 0.1) is 11.8 Å². The van der Waals surface area contributed by atoms with Crippen LogP contribution in [0.2, 0.25) is 0 Å². The van der Waals surface area contributed by atoms with Crippen LogP contribution in [0.25, 0.3) is 0 Å². The third kappa shape index (κ3) is 3.58. The van der Waals surface area contributed by atoms with Gasteiger partial charge in [-0.15, -0.1) is 0 Å². The van der Waals surface area contributed by atoms with Gasteiger partial charge in [-0.1, -0.05) is 26.2 Å². The average molecular weight is 249 g/mol. The second-order valence-corrected chi connectivity index (χ2v) is 5.60. The van der Waals surface area contributed by atoms with Crippen molar-refractivity contribution in [3.8, 4) is 0 Å². The zero-order valence-electron chi connectivity index (χ0n) is 11.9. The van der Waals surface area contributed by atoms with E-state index in [4.69, 9.17) is 0 Å². The van der Waals surface area contributed by atoms with Gasteiger partial charge in [0, 0.05) is 19.3 Å². The van der Waals surface area contributed by atoms with Gasteiger partial charge in [-0.05, 0) is 38.1 Å². The molecule has 0 radical (unpaired) electrons. The van der Waals surface area contributed by atoms with Gasteiger partial charge in [-0.25, -0.2) is 4.98 Å². The summed E-state index contributed by atoms with van der Waals surface area (Å²) in [7, 11) is 0. The van der Waals surface area contributed by atoms with E-state index in [1.165, 1.54) is 44.3 Å². The number of aromatic nitrogens is 2. The topological polar surface area (TPSA) is 29.9 Å². The molecule has 18 heavy (non-hydrogen) atoms. The van der Waals surface area contributed by atoms with Crippen molar-refractivity contribution in [3.63, 3.8) is 0 Å². The molecule has 0 unspecified atom stereocenters. The highest BCUT2D eigenvalue weighted by molar-refractivity contribution is 4.97. The van der Waals surface area contributed by atoms with Crippen LogP contribution in [0.5, 0.6) is 0 Å². The van der Waals surface area contributed by atoms with Gasteiger partial charge in [-0.2, -0.15) is 0 Å². The quantitative estimate of drug-likeness (QED) is 0.839. The first-order chi connectivity index (χ1) is 8.83. The molecule has 0 aromatic carbocycles. The normalized spacial score (nSPS) is 24.3. The highest BCUT2D eigenvalue weighted by Crippen LogP contribution is 2.30. The lowest BCUT2D eigenvalue weighted by Gasteiger charge is -2.27. The molecular weight excluding hydrogens is 222 g/mol. The lowest BCUT2D eigenvalue weighted by molar-refractivity contribution is 0.262. The SMILES string of the molecule is CCC1CCC(CNCc2cncn2CC)CC1. The molecule has 1 aliphatic rings. The number of nitrogens with zero attached hydrogens (tertiary/aromatic N) is 2. The van der Waals surface area contributed by atoms with Crippen molar-refractivity contribution in [1.29, 1.82) is 0 Å². The number of nitrogens with one attached hydrogen (secondary N) is 1. The van der Waals surface area contributed by atoms with E-state index in [9.17, 15) is 0 Å². The summed E-state index contributed by atoms with van der Waals surface area (Å²) in [5.41, 5.74) is 1.31. The maximum absolute atomic E-state index is 4.20. The maximum atomic E-state index is 4.20. The largest absolute Gasteiger partial charge is 0.334 e. The predicted molar refractivity (Wildman–Crippen MR) is 75.3 cm³/mol. The minimum Gasteiger partial charge on any atom is -0.334 e. The number of rotatable bonds is 6. The molecule has 0 atom stereocenters. The third-order valence-electron chi connectivity index (χ3n) is 4.42. The Bertz CT molecular complexity index is 337. The number of imidazole rings is 1. The molecular formula is C15H27N3. The standard InChI is InChI=1S/C15H27N3/c1-3-13-5-7-14(8-6-13)9-16-10-15-11-17-12-18(15)4-2/h11-14,16H,3-10H2,1-2H3. The van der Waals surface area contributed by atoms with Crippen molar-refractivity contribution in [3.05, 3.63) is 18.2 Å². The van der Waals surface area contributed by atoms with Crippen molar-refractivity contribution in [2.24, 2.45) is 11.8 Å². The van der Waals surface area contributed by atoms with E-state index >= 15 is 0 Å². The fourth-order valence-electron chi connectivity index (χ4n) is 3.03. The van der Waals surface area contributed by atoms with Crippen LogP contribution < -0.4 is 5.32 Å². The van der Waals surface area contributed by atoms with Crippen molar-refractivity contribution in [2.45, 2.75) is 59.0 Å². The van der Waals surface area contributed by atoms with Crippen LogP contribution >= 0.6 is 0 Å². The van der Waals surface area contributed by atoms with Gasteiger partial charge >= 0.3 is 0 Å². The molecule has 0 amide bonds. The zero-order valence-corrected chi connectivity index (χ0v) is 11.9. The van der Waals surface area contributed by atoms with Gasteiger partial charge in [0.1, 0.15) is 0 Å². The Hall–Kier alpha value is -0.830.